The summed E-state index contributed by atoms with van der Waals surface area (Å²) >= 11 is 0. The Morgan fingerprint density at radius 2 is 1.54 bits per heavy atom. The number of para-hydroxylation sites is 1. The molecule has 0 atom stereocenters. The summed E-state index contributed by atoms with van der Waals surface area (Å²) < 4.78 is 16.5. The highest BCUT2D eigenvalue weighted by molar-refractivity contribution is 5.89. The van der Waals surface area contributed by atoms with Gasteiger partial charge in [0.1, 0.15) is 23.9 Å². The molecule has 0 saturated heterocycles. The molecule has 3 aromatic carbocycles. The van der Waals surface area contributed by atoms with Crippen molar-refractivity contribution >= 4 is 5.97 Å². The highest BCUT2D eigenvalue weighted by atomic mass is 16.5. The highest BCUT2D eigenvalue weighted by Crippen LogP contribution is 2.22. The standard InChI is InChI=1S/C22H20O4/c1-2-24-19-13-11-18(12-14-19)22(23)25-16-17-7-6-10-21(15-17)26-20-8-4-3-5-9-20/h3-15H,2,16H2,1H3. The molecule has 3 rings (SSSR count). The van der Waals surface area contributed by atoms with Gasteiger partial charge >= 0.3 is 5.97 Å². The third-order valence-corrected chi connectivity index (χ3v) is 3.65. The highest BCUT2D eigenvalue weighted by Gasteiger charge is 2.08. The summed E-state index contributed by atoms with van der Waals surface area (Å²) in [6.07, 6.45) is 0. The van der Waals surface area contributed by atoms with Crippen LogP contribution in [0.4, 0.5) is 0 Å². The Morgan fingerprint density at radius 1 is 0.808 bits per heavy atom. The summed E-state index contributed by atoms with van der Waals surface area (Å²) in [6, 6.07) is 23.9. The molecule has 0 N–H and O–H groups in total. The van der Waals surface area contributed by atoms with Crippen molar-refractivity contribution < 1.29 is 19.0 Å². The van der Waals surface area contributed by atoms with Crippen LogP contribution in [0.5, 0.6) is 17.2 Å². The lowest BCUT2D eigenvalue weighted by Gasteiger charge is -2.09. The Balaban J connectivity index is 1.59. The van der Waals surface area contributed by atoms with Crippen LogP contribution < -0.4 is 9.47 Å². The van der Waals surface area contributed by atoms with Crippen molar-refractivity contribution in [3.63, 3.8) is 0 Å². The van der Waals surface area contributed by atoms with Gasteiger partial charge in [0, 0.05) is 0 Å². The van der Waals surface area contributed by atoms with Crippen molar-refractivity contribution in [1.82, 2.24) is 0 Å². The molecule has 4 heteroatoms. The van der Waals surface area contributed by atoms with Crippen molar-refractivity contribution in [2.75, 3.05) is 6.61 Å². The number of carbonyl (C=O) groups excluding carboxylic acids is 1. The SMILES string of the molecule is CCOc1ccc(C(=O)OCc2cccc(Oc3ccccc3)c2)cc1. The quantitative estimate of drug-likeness (QED) is 0.548. The van der Waals surface area contributed by atoms with E-state index in [0.29, 0.717) is 17.9 Å². The molecule has 0 amide bonds. The van der Waals surface area contributed by atoms with Crippen molar-refractivity contribution in [3.8, 4) is 17.2 Å². The summed E-state index contributed by atoms with van der Waals surface area (Å²) in [5.41, 5.74) is 1.35. The van der Waals surface area contributed by atoms with Gasteiger partial charge in [0.15, 0.2) is 0 Å². The fourth-order valence-corrected chi connectivity index (χ4v) is 2.41. The second-order valence-electron chi connectivity index (χ2n) is 5.60. The van der Waals surface area contributed by atoms with Crippen LogP contribution in [0.2, 0.25) is 0 Å². The molecule has 26 heavy (non-hydrogen) atoms. The molecule has 0 aliphatic heterocycles. The lowest BCUT2D eigenvalue weighted by Crippen LogP contribution is -2.05. The maximum atomic E-state index is 12.2. The van der Waals surface area contributed by atoms with Gasteiger partial charge in [-0.2, -0.15) is 0 Å². The average molecular weight is 348 g/mol. The van der Waals surface area contributed by atoms with Gasteiger partial charge in [0.05, 0.1) is 12.2 Å². The smallest absolute Gasteiger partial charge is 0.338 e. The van der Waals surface area contributed by atoms with Crippen LogP contribution in [0.15, 0.2) is 78.9 Å². The van der Waals surface area contributed by atoms with Crippen LogP contribution in [0, 0.1) is 0 Å². The van der Waals surface area contributed by atoms with E-state index in [1.807, 2.05) is 61.5 Å². The molecular weight excluding hydrogens is 328 g/mol. The number of ether oxygens (including phenoxy) is 3. The predicted octanol–water partition coefficient (Wildman–Crippen LogP) is 5.23. The monoisotopic (exact) mass is 348 g/mol. The zero-order valence-electron chi connectivity index (χ0n) is 14.6. The first kappa shape index (κ1) is 17.5. The number of benzene rings is 3. The maximum absolute atomic E-state index is 12.2. The van der Waals surface area contributed by atoms with E-state index in [0.717, 1.165) is 17.1 Å². The second-order valence-corrected chi connectivity index (χ2v) is 5.60. The van der Waals surface area contributed by atoms with Crippen LogP contribution in [0.25, 0.3) is 0 Å². The molecule has 0 saturated carbocycles. The van der Waals surface area contributed by atoms with Crippen LogP contribution in [-0.4, -0.2) is 12.6 Å². The van der Waals surface area contributed by atoms with Gasteiger partial charge in [0.2, 0.25) is 0 Å². The van der Waals surface area contributed by atoms with Crippen LogP contribution in [0.1, 0.15) is 22.8 Å². The van der Waals surface area contributed by atoms with Crippen LogP contribution in [0.3, 0.4) is 0 Å². The third-order valence-electron chi connectivity index (χ3n) is 3.65. The fraction of sp³-hybridized carbons (Fsp3) is 0.136. The Morgan fingerprint density at radius 3 is 2.27 bits per heavy atom. The lowest BCUT2D eigenvalue weighted by molar-refractivity contribution is 0.0472. The van der Waals surface area contributed by atoms with Crippen molar-refractivity contribution in [3.05, 3.63) is 90.0 Å². The summed E-state index contributed by atoms with van der Waals surface area (Å²) in [4.78, 5) is 12.2. The molecule has 0 unspecified atom stereocenters. The van der Waals surface area contributed by atoms with Gasteiger partial charge in [-0.1, -0.05) is 30.3 Å². The molecule has 0 aliphatic rings. The van der Waals surface area contributed by atoms with Crippen molar-refractivity contribution in [2.24, 2.45) is 0 Å². The van der Waals surface area contributed by atoms with E-state index >= 15 is 0 Å². The number of esters is 1. The average Bonchev–Trinajstić information content (AvgIpc) is 2.68. The van der Waals surface area contributed by atoms with Crippen LogP contribution >= 0.6 is 0 Å². The van der Waals surface area contributed by atoms with Gasteiger partial charge in [0.25, 0.3) is 0 Å². The van der Waals surface area contributed by atoms with Crippen LogP contribution in [-0.2, 0) is 11.3 Å². The zero-order valence-corrected chi connectivity index (χ0v) is 14.6. The van der Waals surface area contributed by atoms with E-state index in [2.05, 4.69) is 0 Å². The first-order valence-corrected chi connectivity index (χ1v) is 8.46. The van der Waals surface area contributed by atoms with Gasteiger partial charge in [-0.15, -0.1) is 0 Å². The van der Waals surface area contributed by atoms with E-state index in [-0.39, 0.29) is 12.6 Å². The van der Waals surface area contributed by atoms with Crippen molar-refractivity contribution in [1.29, 1.82) is 0 Å². The minimum atomic E-state index is -0.373. The minimum Gasteiger partial charge on any atom is -0.494 e. The zero-order chi connectivity index (χ0) is 18.2. The van der Waals surface area contributed by atoms with Gasteiger partial charge < -0.3 is 14.2 Å². The molecule has 0 bridgehead atoms. The third kappa shape index (κ3) is 4.86. The summed E-state index contributed by atoms with van der Waals surface area (Å²) in [7, 11) is 0. The Bertz CT molecular complexity index is 842. The molecular formula is C22H20O4. The number of hydrogen-bond donors (Lipinski definition) is 0. The first-order valence-electron chi connectivity index (χ1n) is 8.46. The molecule has 0 aliphatic carbocycles. The molecule has 0 aromatic heterocycles. The van der Waals surface area contributed by atoms with Gasteiger partial charge in [-0.25, -0.2) is 4.79 Å². The van der Waals surface area contributed by atoms with E-state index in [1.54, 1.807) is 24.3 Å². The molecule has 3 aromatic rings. The molecule has 4 nitrogen and oxygen atoms in total. The topological polar surface area (TPSA) is 44.8 Å². The first-order chi connectivity index (χ1) is 12.7. The number of rotatable bonds is 7. The summed E-state index contributed by atoms with van der Waals surface area (Å²) in [6.45, 7) is 2.68. The maximum Gasteiger partial charge on any atom is 0.338 e. The number of carbonyl (C=O) groups is 1. The molecule has 132 valence electrons. The molecule has 0 heterocycles. The van der Waals surface area contributed by atoms with E-state index in [4.69, 9.17) is 14.2 Å². The molecule has 0 fully saturated rings. The Hall–Kier alpha value is -3.27. The van der Waals surface area contributed by atoms with Crippen molar-refractivity contribution in [2.45, 2.75) is 13.5 Å². The summed E-state index contributed by atoms with van der Waals surface area (Å²) in [5, 5.41) is 0. The van der Waals surface area contributed by atoms with E-state index < -0.39 is 0 Å². The fourth-order valence-electron chi connectivity index (χ4n) is 2.41. The Kier molecular flexibility index (Phi) is 5.88. The minimum absolute atomic E-state index is 0.179. The predicted molar refractivity (Wildman–Crippen MR) is 99.7 cm³/mol. The largest absolute Gasteiger partial charge is 0.494 e. The normalized spacial score (nSPS) is 10.2. The Labute approximate surface area is 153 Å². The van der Waals surface area contributed by atoms with Gasteiger partial charge in [-0.3, -0.25) is 0 Å². The van der Waals surface area contributed by atoms with Gasteiger partial charge in [-0.05, 0) is 61.0 Å². The summed E-state index contributed by atoms with van der Waals surface area (Å²) in [5.74, 6) is 1.82. The van der Waals surface area contributed by atoms with E-state index in [9.17, 15) is 4.79 Å². The molecule has 0 spiro atoms. The molecule has 0 radical (unpaired) electrons. The lowest BCUT2D eigenvalue weighted by atomic mass is 10.2. The van der Waals surface area contributed by atoms with E-state index in [1.165, 1.54) is 0 Å². The second kappa shape index (κ2) is 8.72. The number of hydrogen-bond acceptors (Lipinski definition) is 4.